The van der Waals surface area contributed by atoms with Gasteiger partial charge in [0.2, 0.25) is 11.7 Å². The molecule has 0 aromatic heterocycles. The third-order valence-corrected chi connectivity index (χ3v) is 3.37. The summed E-state index contributed by atoms with van der Waals surface area (Å²) in [6.45, 7) is -1.76. The summed E-state index contributed by atoms with van der Waals surface area (Å²) in [5.41, 5.74) is 0.964. The number of nitro benzene ring substituents is 1. The molecule has 9 heteroatoms. The van der Waals surface area contributed by atoms with E-state index in [1.165, 1.54) is 17.9 Å². The zero-order chi connectivity index (χ0) is 18.6. The third-order valence-electron chi connectivity index (χ3n) is 3.37. The molecule has 0 bridgehead atoms. The van der Waals surface area contributed by atoms with Crippen molar-refractivity contribution < 1.29 is 23.2 Å². The van der Waals surface area contributed by atoms with Crippen molar-refractivity contribution in [1.82, 2.24) is 0 Å². The standard InChI is InChI=1S/C16H15F2N3O4/c1-10(22)20(2)13-5-3-4-11(8-13)19-12-6-7-14(21(23)24)15(9-12)25-16(17)18/h3-9,16,19H,1-2H3. The molecular formula is C16H15F2N3O4. The van der Waals surface area contributed by atoms with Gasteiger partial charge >= 0.3 is 12.3 Å². The van der Waals surface area contributed by atoms with Crippen molar-refractivity contribution in [3.8, 4) is 5.75 Å². The predicted molar refractivity (Wildman–Crippen MR) is 88.5 cm³/mol. The van der Waals surface area contributed by atoms with Crippen LogP contribution in [0.3, 0.4) is 0 Å². The number of carbonyl (C=O) groups excluding carboxylic acids is 1. The fourth-order valence-corrected chi connectivity index (χ4v) is 2.07. The maximum atomic E-state index is 12.4. The number of rotatable bonds is 6. The van der Waals surface area contributed by atoms with Gasteiger partial charge in [0.25, 0.3) is 0 Å². The first kappa shape index (κ1) is 18.1. The number of halogens is 2. The summed E-state index contributed by atoms with van der Waals surface area (Å²) < 4.78 is 29.1. The van der Waals surface area contributed by atoms with Crippen molar-refractivity contribution in [2.75, 3.05) is 17.3 Å². The Labute approximate surface area is 142 Å². The minimum absolute atomic E-state index is 0.153. The first-order chi connectivity index (χ1) is 11.8. The molecule has 2 rings (SSSR count). The summed E-state index contributed by atoms with van der Waals surface area (Å²) in [7, 11) is 1.61. The molecule has 0 fully saturated rings. The number of nitrogens with zero attached hydrogens (tertiary/aromatic N) is 2. The van der Waals surface area contributed by atoms with Crippen LogP contribution in [0.1, 0.15) is 6.92 Å². The molecular weight excluding hydrogens is 336 g/mol. The number of alkyl halides is 2. The third kappa shape index (κ3) is 4.63. The Balaban J connectivity index is 2.30. The molecule has 0 saturated heterocycles. The molecule has 25 heavy (non-hydrogen) atoms. The Bertz CT molecular complexity index is 799. The molecule has 0 aliphatic carbocycles. The average Bonchev–Trinajstić information content (AvgIpc) is 2.53. The highest BCUT2D eigenvalue weighted by Gasteiger charge is 2.19. The number of nitro groups is 1. The lowest BCUT2D eigenvalue weighted by Gasteiger charge is -2.16. The van der Waals surface area contributed by atoms with Gasteiger partial charge in [-0.05, 0) is 24.3 Å². The van der Waals surface area contributed by atoms with Gasteiger partial charge in [-0.15, -0.1) is 0 Å². The van der Waals surface area contributed by atoms with E-state index in [9.17, 15) is 23.7 Å². The van der Waals surface area contributed by atoms with Crippen molar-refractivity contribution in [2.45, 2.75) is 13.5 Å². The van der Waals surface area contributed by atoms with Crippen LogP contribution >= 0.6 is 0 Å². The van der Waals surface area contributed by atoms with E-state index < -0.39 is 23.0 Å². The Hall–Kier alpha value is -3.23. The fraction of sp³-hybridized carbons (Fsp3) is 0.188. The Morgan fingerprint density at radius 1 is 1.24 bits per heavy atom. The molecule has 0 atom stereocenters. The van der Waals surface area contributed by atoms with Crippen LogP contribution in [0.5, 0.6) is 5.75 Å². The topological polar surface area (TPSA) is 84.7 Å². The number of carbonyl (C=O) groups is 1. The van der Waals surface area contributed by atoms with E-state index >= 15 is 0 Å². The van der Waals surface area contributed by atoms with E-state index in [2.05, 4.69) is 10.1 Å². The van der Waals surface area contributed by atoms with Gasteiger partial charge in [-0.1, -0.05) is 6.07 Å². The normalized spacial score (nSPS) is 10.4. The second-order valence-corrected chi connectivity index (χ2v) is 5.07. The second kappa shape index (κ2) is 7.56. The molecule has 0 heterocycles. The smallest absolute Gasteiger partial charge is 0.387 e. The lowest BCUT2D eigenvalue weighted by atomic mass is 10.2. The first-order valence-corrected chi connectivity index (χ1v) is 7.12. The SMILES string of the molecule is CC(=O)N(C)c1cccc(Nc2ccc([N+](=O)[O-])c(OC(F)F)c2)c1. The van der Waals surface area contributed by atoms with Crippen LogP contribution in [0, 0.1) is 10.1 Å². The van der Waals surface area contributed by atoms with E-state index in [-0.39, 0.29) is 5.91 Å². The molecule has 2 aromatic rings. The number of amides is 1. The highest BCUT2D eigenvalue weighted by molar-refractivity contribution is 5.91. The van der Waals surface area contributed by atoms with Crippen LogP contribution in [0.25, 0.3) is 0 Å². The Kier molecular flexibility index (Phi) is 5.48. The maximum absolute atomic E-state index is 12.4. The Morgan fingerprint density at radius 3 is 2.52 bits per heavy atom. The minimum atomic E-state index is -3.18. The van der Waals surface area contributed by atoms with E-state index in [0.29, 0.717) is 17.1 Å². The first-order valence-electron chi connectivity index (χ1n) is 7.12. The van der Waals surface area contributed by atoms with Gasteiger partial charge in [-0.3, -0.25) is 14.9 Å². The number of anilines is 3. The van der Waals surface area contributed by atoms with Gasteiger partial charge in [0, 0.05) is 43.2 Å². The van der Waals surface area contributed by atoms with Gasteiger partial charge in [-0.25, -0.2) is 0 Å². The van der Waals surface area contributed by atoms with Crippen molar-refractivity contribution in [3.05, 3.63) is 52.6 Å². The molecule has 2 aromatic carbocycles. The monoisotopic (exact) mass is 351 g/mol. The van der Waals surface area contributed by atoms with Crippen molar-refractivity contribution in [1.29, 1.82) is 0 Å². The van der Waals surface area contributed by atoms with Gasteiger partial charge in [0.1, 0.15) is 0 Å². The summed E-state index contributed by atoms with van der Waals surface area (Å²) in [4.78, 5) is 22.9. The van der Waals surface area contributed by atoms with E-state index in [0.717, 1.165) is 12.1 Å². The highest BCUT2D eigenvalue weighted by Crippen LogP contribution is 2.33. The molecule has 0 aliphatic heterocycles. The minimum Gasteiger partial charge on any atom is -0.427 e. The average molecular weight is 351 g/mol. The summed E-state index contributed by atoms with van der Waals surface area (Å²) >= 11 is 0. The van der Waals surface area contributed by atoms with E-state index in [1.807, 2.05) is 0 Å². The number of hydrogen-bond donors (Lipinski definition) is 1. The largest absolute Gasteiger partial charge is 0.427 e. The van der Waals surface area contributed by atoms with Crippen molar-refractivity contribution in [2.24, 2.45) is 0 Å². The van der Waals surface area contributed by atoms with Crippen molar-refractivity contribution >= 4 is 28.7 Å². The molecule has 0 spiro atoms. The van der Waals surface area contributed by atoms with E-state index in [4.69, 9.17) is 0 Å². The van der Waals surface area contributed by atoms with Gasteiger partial charge < -0.3 is 15.0 Å². The van der Waals surface area contributed by atoms with Gasteiger partial charge in [-0.2, -0.15) is 8.78 Å². The lowest BCUT2D eigenvalue weighted by Crippen LogP contribution is -2.22. The van der Waals surface area contributed by atoms with Gasteiger partial charge in [0.05, 0.1) is 4.92 Å². The zero-order valence-electron chi connectivity index (χ0n) is 13.4. The predicted octanol–water partition coefficient (Wildman–Crippen LogP) is 3.92. The summed E-state index contributed by atoms with van der Waals surface area (Å²) in [6, 6.07) is 10.4. The maximum Gasteiger partial charge on any atom is 0.387 e. The number of ether oxygens (including phenoxy) is 1. The number of benzene rings is 2. The summed E-state index contributed by atoms with van der Waals surface area (Å²) in [6.07, 6.45) is 0. The molecule has 0 aliphatic rings. The van der Waals surface area contributed by atoms with Crippen LogP contribution in [0.15, 0.2) is 42.5 Å². The van der Waals surface area contributed by atoms with Gasteiger partial charge in [0.15, 0.2) is 0 Å². The summed E-state index contributed by atoms with van der Waals surface area (Å²) in [5, 5.41) is 13.8. The lowest BCUT2D eigenvalue weighted by molar-refractivity contribution is -0.386. The van der Waals surface area contributed by atoms with Crippen molar-refractivity contribution in [3.63, 3.8) is 0 Å². The molecule has 1 amide bonds. The molecule has 0 radical (unpaired) electrons. The highest BCUT2D eigenvalue weighted by atomic mass is 19.3. The van der Waals surface area contributed by atoms with Crippen LogP contribution in [0.2, 0.25) is 0 Å². The second-order valence-electron chi connectivity index (χ2n) is 5.07. The summed E-state index contributed by atoms with van der Waals surface area (Å²) in [5.74, 6) is -0.692. The van der Waals surface area contributed by atoms with Crippen LogP contribution in [-0.4, -0.2) is 24.5 Å². The van der Waals surface area contributed by atoms with Crippen LogP contribution in [-0.2, 0) is 4.79 Å². The fourth-order valence-electron chi connectivity index (χ4n) is 2.07. The quantitative estimate of drug-likeness (QED) is 0.630. The zero-order valence-corrected chi connectivity index (χ0v) is 13.4. The van der Waals surface area contributed by atoms with Crippen LogP contribution in [0.4, 0.5) is 31.5 Å². The Morgan fingerprint density at radius 2 is 1.92 bits per heavy atom. The number of nitrogens with one attached hydrogen (secondary N) is 1. The molecule has 0 saturated carbocycles. The molecule has 1 N–H and O–H groups in total. The number of hydrogen-bond acceptors (Lipinski definition) is 5. The molecule has 132 valence electrons. The molecule has 7 nitrogen and oxygen atoms in total. The van der Waals surface area contributed by atoms with Crippen LogP contribution < -0.4 is 15.0 Å². The van der Waals surface area contributed by atoms with E-state index in [1.54, 1.807) is 31.3 Å². The molecule has 0 unspecified atom stereocenters.